The summed E-state index contributed by atoms with van der Waals surface area (Å²) in [4.78, 5) is 0. The van der Waals surface area contributed by atoms with Crippen LogP contribution in [0.25, 0.3) is 0 Å². The van der Waals surface area contributed by atoms with E-state index >= 15 is 4.57 Å². The first-order chi connectivity index (χ1) is 26.5. The molecule has 0 spiro atoms. The summed E-state index contributed by atoms with van der Waals surface area (Å²) in [5.74, 6) is 1.40. The molecule has 0 radical (unpaired) electrons. The second-order valence-electron chi connectivity index (χ2n) is 21.6. The Morgan fingerprint density at radius 3 is 1.29 bits per heavy atom. The van der Waals surface area contributed by atoms with Crippen LogP contribution >= 0.6 is 7.82 Å². The van der Waals surface area contributed by atoms with Crippen LogP contribution in [0.15, 0.2) is 36.4 Å². The van der Waals surface area contributed by atoms with Crippen molar-refractivity contribution >= 4 is 7.82 Å². The highest BCUT2D eigenvalue weighted by Gasteiger charge is 2.43. The minimum atomic E-state index is -4.31. The Hall–Kier alpha value is -2.79. The number of aromatic hydroxyl groups is 1. The van der Waals surface area contributed by atoms with E-state index in [9.17, 15) is 5.11 Å². The van der Waals surface area contributed by atoms with Crippen molar-refractivity contribution in [2.45, 2.75) is 202 Å². The number of phosphoric acid groups is 1. The van der Waals surface area contributed by atoms with Gasteiger partial charge in [-0.25, -0.2) is 4.57 Å². The molecule has 3 aromatic rings. The molecule has 1 aliphatic heterocycles. The van der Waals surface area contributed by atoms with Crippen molar-refractivity contribution in [3.8, 4) is 17.2 Å². The van der Waals surface area contributed by atoms with Gasteiger partial charge < -0.3 is 18.9 Å². The van der Waals surface area contributed by atoms with Crippen molar-refractivity contribution < 1.29 is 28.0 Å². The summed E-state index contributed by atoms with van der Waals surface area (Å²) < 4.78 is 41.7. The average molecular weight is 819 g/mol. The lowest BCUT2D eigenvalue weighted by Crippen LogP contribution is -2.26. The van der Waals surface area contributed by atoms with Gasteiger partial charge in [0.1, 0.15) is 17.2 Å². The highest BCUT2D eigenvalue weighted by atomic mass is 31.2. The monoisotopic (exact) mass is 819 g/mol. The number of phosphoric ester groups is 1. The number of hydrogen-bond donors (Lipinski definition) is 1. The third-order valence-corrected chi connectivity index (χ3v) is 15.0. The number of rotatable bonds is 14. The number of fused-ring (bicyclic) bond motifs is 2. The van der Waals surface area contributed by atoms with Crippen molar-refractivity contribution in [3.63, 3.8) is 0 Å². The zero-order chi connectivity index (χ0) is 44.0. The Morgan fingerprint density at radius 2 is 0.948 bits per heavy atom. The summed E-state index contributed by atoms with van der Waals surface area (Å²) in [6, 6.07) is 13.2. The van der Waals surface area contributed by atoms with E-state index in [1.165, 1.54) is 11.1 Å². The van der Waals surface area contributed by atoms with Gasteiger partial charge in [-0.1, -0.05) is 156 Å². The molecule has 324 valence electrons. The first kappa shape index (κ1) is 47.9. The summed E-state index contributed by atoms with van der Waals surface area (Å²) in [7, 11) is -4.31. The maximum Gasteiger partial charge on any atom is 0.587 e. The van der Waals surface area contributed by atoms with Crippen LogP contribution in [0.2, 0.25) is 0 Å². The molecule has 4 rings (SSSR count). The smallest absolute Gasteiger partial charge is 0.507 e. The standard InChI is InChI=1S/C51H79O6P/c1-20-48(12,13)35-28-37-33(5)38-29-36(49(14,15)21-2)31-42(51(18,19)23-4)45(38)57-58(53,56-44(37)41(30-35)50(16,17)22-3)55-25-24-54-32-34-26-39(46(6,7)8)43(52)40(27-34)47(9,10)11/h26-31,33,52H,20-25,32H2,1-19H3. The summed E-state index contributed by atoms with van der Waals surface area (Å²) in [6.45, 7) is 42.3. The molecule has 0 unspecified atom stereocenters. The van der Waals surface area contributed by atoms with Crippen molar-refractivity contribution in [2.24, 2.45) is 0 Å². The van der Waals surface area contributed by atoms with Crippen molar-refractivity contribution in [3.05, 3.63) is 86.5 Å². The summed E-state index contributed by atoms with van der Waals surface area (Å²) in [5, 5.41) is 11.3. The summed E-state index contributed by atoms with van der Waals surface area (Å²) in [5.41, 5.74) is 7.98. The molecule has 3 aromatic carbocycles. The molecule has 0 aliphatic carbocycles. The second kappa shape index (κ2) is 16.9. The lowest BCUT2D eigenvalue weighted by atomic mass is 9.72. The van der Waals surface area contributed by atoms with Crippen LogP contribution < -0.4 is 9.05 Å². The molecule has 0 bridgehead atoms. The molecule has 1 heterocycles. The summed E-state index contributed by atoms with van der Waals surface area (Å²) in [6.07, 6.45) is 3.66. The number of ether oxygens (including phenoxy) is 1. The van der Waals surface area contributed by atoms with Gasteiger partial charge in [0.05, 0.1) is 19.8 Å². The van der Waals surface area contributed by atoms with E-state index < -0.39 is 7.82 Å². The molecule has 0 aromatic heterocycles. The lowest BCUT2D eigenvalue weighted by Gasteiger charge is -2.38. The Morgan fingerprint density at radius 1 is 0.569 bits per heavy atom. The largest absolute Gasteiger partial charge is 0.587 e. The van der Waals surface area contributed by atoms with E-state index in [1.54, 1.807) is 0 Å². The molecule has 0 amide bonds. The number of benzene rings is 3. The minimum absolute atomic E-state index is 0.00521. The number of phenolic OH excluding ortho intramolecular Hbond substituents is 1. The van der Waals surface area contributed by atoms with Crippen LogP contribution in [-0.4, -0.2) is 18.3 Å². The van der Waals surface area contributed by atoms with Gasteiger partial charge in [-0.3, -0.25) is 4.52 Å². The highest BCUT2D eigenvalue weighted by molar-refractivity contribution is 7.49. The van der Waals surface area contributed by atoms with Crippen molar-refractivity contribution in [1.29, 1.82) is 0 Å². The second-order valence-corrected chi connectivity index (χ2v) is 23.1. The molecule has 0 saturated heterocycles. The van der Waals surface area contributed by atoms with Crippen molar-refractivity contribution in [2.75, 3.05) is 13.2 Å². The molecule has 0 saturated carbocycles. The van der Waals surface area contributed by atoms with Gasteiger partial charge in [0.2, 0.25) is 0 Å². The van der Waals surface area contributed by atoms with Crippen LogP contribution in [0.1, 0.15) is 213 Å². The first-order valence-corrected chi connectivity index (χ1v) is 23.4. The van der Waals surface area contributed by atoms with Crippen LogP contribution in [0, 0.1) is 0 Å². The van der Waals surface area contributed by atoms with E-state index in [1.807, 2.05) is 12.1 Å². The van der Waals surface area contributed by atoms with E-state index in [0.29, 0.717) is 23.9 Å². The number of phenols is 1. The zero-order valence-corrected chi connectivity index (χ0v) is 40.8. The molecular formula is C51H79O6P. The summed E-state index contributed by atoms with van der Waals surface area (Å²) >= 11 is 0. The molecule has 0 fully saturated rings. The fraction of sp³-hybridized carbons (Fsp3) is 0.647. The van der Waals surface area contributed by atoms with Gasteiger partial charge in [-0.15, -0.1) is 0 Å². The molecule has 1 N–H and O–H groups in total. The van der Waals surface area contributed by atoms with Gasteiger partial charge in [0.15, 0.2) is 0 Å². The third-order valence-electron chi connectivity index (χ3n) is 13.7. The average Bonchev–Trinajstić information content (AvgIpc) is 3.13. The van der Waals surface area contributed by atoms with E-state index in [-0.39, 0.29) is 51.6 Å². The molecule has 1 aliphatic rings. The van der Waals surface area contributed by atoms with Gasteiger partial charge in [0.25, 0.3) is 0 Å². The topological polar surface area (TPSA) is 74.2 Å². The maximum atomic E-state index is 15.5. The SMILES string of the molecule is CCC(C)(C)c1cc2c(c(C(C)(C)CC)c1)OP(=O)(OCCOCc1cc(C(C)(C)C)c(O)c(C(C)(C)C)c1)Oc1c(cc(C(C)(C)CC)cc1C(C)(C)CC)C2C. The Labute approximate surface area is 353 Å². The minimum Gasteiger partial charge on any atom is -0.507 e. The molecular weight excluding hydrogens is 740 g/mol. The highest BCUT2D eigenvalue weighted by Crippen LogP contribution is 2.60. The van der Waals surface area contributed by atoms with E-state index in [0.717, 1.165) is 64.6 Å². The predicted octanol–water partition coefficient (Wildman–Crippen LogP) is 15.0. The van der Waals surface area contributed by atoms with Gasteiger partial charge in [0, 0.05) is 28.2 Å². The Kier molecular flexibility index (Phi) is 14.0. The van der Waals surface area contributed by atoms with Crippen LogP contribution in [0.4, 0.5) is 0 Å². The predicted molar refractivity (Wildman–Crippen MR) is 244 cm³/mol. The van der Waals surface area contributed by atoms with Crippen molar-refractivity contribution in [1.82, 2.24) is 0 Å². The Bertz CT molecular complexity index is 1860. The molecule has 7 heteroatoms. The van der Waals surface area contributed by atoms with Gasteiger partial charge in [-0.05, 0) is 98.1 Å². The van der Waals surface area contributed by atoms with Crippen LogP contribution in [0.3, 0.4) is 0 Å². The van der Waals surface area contributed by atoms with E-state index in [2.05, 4.69) is 156 Å². The normalized spacial score (nSPS) is 18.2. The van der Waals surface area contributed by atoms with Crippen LogP contribution in [-0.2, 0) is 52.9 Å². The van der Waals surface area contributed by atoms with Crippen LogP contribution in [0.5, 0.6) is 17.2 Å². The lowest BCUT2D eigenvalue weighted by molar-refractivity contribution is 0.0778. The first-order valence-electron chi connectivity index (χ1n) is 21.9. The molecule has 58 heavy (non-hydrogen) atoms. The van der Waals surface area contributed by atoms with E-state index in [4.69, 9.17) is 18.3 Å². The van der Waals surface area contributed by atoms with Gasteiger partial charge in [-0.2, -0.15) is 0 Å². The Balaban J connectivity index is 1.88. The zero-order valence-electron chi connectivity index (χ0n) is 39.9. The molecule has 0 atom stereocenters. The van der Waals surface area contributed by atoms with Gasteiger partial charge >= 0.3 is 7.82 Å². The number of hydrogen-bond acceptors (Lipinski definition) is 6. The quantitative estimate of drug-likeness (QED) is 0.129. The fourth-order valence-electron chi connectivity index (χ4n) is 7.51. The molecule has 6 nitrogen and oxygen atoms in total. The fourth-order valence-corrected chi connectivity index (χ4v) is 8.80. The third kappa shape index (κ3) is 10.0. The maximum absolute atomic E-state index is 15.5.